The monoisotopic (exact) mass is 385 g/mol. The number of benzene rings is 2. The Kier molecular flexibility index (Phi) is 3.98. The van der Waals surface area contributed by atoms with Crippen molar-refractivity contribution in [3.8, 4) is 11.5 Å². The summed E-state index contributed by atoms with van der Waals surface area (Å²) >= 11 is 3.63. The molecule has 1 aliphatic heterocycles. The van der Waals surface area contributed by atoms with Crippen LogP contribution in [0.5, 0.6) is 11.5 Å². The Labute approximate surface area is 148 Å². The van der Waals surface area contributed by atoms with E-state index < -0.39 is 0 Å². The first kappa shape index (κ1) is 15.2. The standard InChI is InChI=1S/C18H16BrN3O2/c1-11(13-8-16-17(9-14(13)19)24-7-6-23-16)22-18-12-4-2-3-5-15(12)20-10-21-18/h2-5,8-11H,6-7H2,1H3,(H,20,21,22). The molecule has 1 atom stereocenters. The van der Waals surface area contributed by atoms with Crippen molar-refractivity contribution in [2.24, 2.45) is 0 Å². The van der Waals surface area contributed by atoms with E-state index in [9.17, 15) is 0 Å². The predicted molar refractivity (Wildman–Crippen MR) is 96.7 cm³/mol. The van der Waals surface area contributed by atoms with Crippen LogP contribution in [-0.2, 0) is 0 Å². The summed E-state index contributed by atoms with van der Waals surface area (Å²) in [5.41, 5.74) is 2.00. The van der Waals surface area contributed by atoms with Crippen LogP contribution in [0.1, 0.15) is 18.5 Å². The number of anilines is 1. The summed E-state index contributed by atoms with van der Waals surface area (Å²) in [4.78, 5) is 8.70. The Morgan fingerprint density at radius 2 is 1.83 bits per heavy atom. The van der Waals surface area contributed by atoms with Gasteiger partial charge in [-0.05, 0) is 36.8 Å². The lowest BCUT2D eigenvalue weighted by molar-refractivity contribution is 0.171. The lowest BCUT2D eigenvalue weighted by Crippen LogP contribution is -2.16. The number of ether oxygens (including phenoxy) is 2. The van der Waals surface area contributed by atoms with Gasteiger partial charge in [-0.15, -0.1) is 0 Å². The van der Waals surface area contributed by atoms with Gasteiger partial charge in [-0.2, -0.15) is 0 Å². The zero-order valence-electron chi connectivity index (χ0n) is 13.1. The van der Waals surface area contributed by atoms with E-state index in [0.717, 1.165) is 38.3 Å². The van der Waals surface area contributed by atoms with Gasteiger partial charge in [0.1, 0.15) is 25.4 Å². The molecule has 122 valence electrons. The summed E-state index contributed by atoms with van der Waals surface area (Å²) in [6.45, 7) is 3.25. The largest absolute Gasteiger partial charge is 0.486 e. The first-order valence-corrected chi connectivity index (χ1v) is 8.57. The van der Waals surface area contributed by atoms with Crippen molar-refractivity contribution >= 4 is 32.7 Å². The Bertz CT molecular complexity index is 895. The first-order valence-electron chi connectivity index (χ1n) is 7.77. The molecular weight excluding hydrogens is 370 g/mol. The Morgan fingerprint density at radius 3 is 2.67 bits per heavy atom. The number of halogens is 1. The Hall–Kier alpha value is -2.34. The van der Waals surface area contributed by atoms with E-state index in [1.807, 2.05) is 36.4 Å². The van der Waals surface area contributed by atoms with Crippen LogP contribution in [0.3, 0.4) is 0 Å². The lowest BCUT2D eigenvalue weighted by atomic mass is 10.1. The Balaban J connectivity index is 1.67. The van der Waals surface area contributed by atoms with Crippen molar-refractivity contribution in [2.45, 2.75) is 13.0 Å². The van der Waals surface area contributed by atoms with Gasteiger partial charge in [-0.3, -0.25) is 0 Å². The highest BCUT2D eigenvalue weighted by Gasteiger charge is 2.18. The molecule has 2 heterocycles. The van der Waals surface area contributed by atoms with Crippen LogP contribution in [0.25, 0.3) is 10.9 Å². The van der Waals surface area contributed by atoms with Crippen LogP contribution in [-0.4, -0.2) is 23.2 Å². The molecule has 2 aromatic carbocycles. The van der Waals surface area contributed by atoms with Gasteiger partial charge in [0.2, 0.25) is 0 Å². The SMILES string of the molecule is CC(Nc1ncnc2ccccc12)c1cc2c(cc1Br)OCCO2. The summed E-state index contributed by atoms with van der Waals surface area (Å²) in [6.07, 6.45) is 1.58. The van der Waals surface area contributed by atoms with Crippen LogP contribution in [0.4, 0.5) is 5.82 Å². The molecule has 1 aromatic heterocycles. The second kappa shape index (κ2) is 6.28. The number of nitrogens with one attached hydrogen (secondary N) is 1. The summed E-state index contributed by atoms with van der Waals surface area (Å²) < 4.78 is 12.3. The molecule has 3 aromatic rings. The molecule has 0 radical (unpaired) electrons. The molecule has 0 aliphatic carbocycles. The molecule has 0 saturated heterocycles. The minimum Gasteiger partial charge on any atom is -0.486 e. The smallest absolute Gasteiger partial charge is 0.162 e. The Morgan fingerprint density at radius 1 is 1.08 bits per heavy atom. The van der Waals surface area contributed by atoms with Crippen molar-refractivity contribution in [3.63, 3.8) is 0 Å². The van der Waals surface area contributed by atoms with Crippen molar-refractivity contribution < 1.29 is 9.47 Å². The zero-order valence-corrected chi connectivity index (χ0v) is 14.7. The maximum absolute atomic E-state index is 5.69. The molecule has 1 aliphatic rings. The van der Waals surface area contributed by atoms with Crippen molar-refractivity contribution in [1.29, 1.82) is 0 Å². The molecule has 1 N–H and O–H groups in total. The molecule has 0 bridgehead atoms. The van der Waals surface area contributed by atoms with Gasteiger partial charge in [0.15, 0.2) is 11.5 Å². The number of hydrogen-bond acceptors (Lipinski definition) is 5. The third-order valence-electron chi connectivity index (χ3n) is 4.02. The number of nitrogens with zero attached hydrogens (tertiary/aromatic N) is 2. The highest BCUT2D eigenvalue weighted by atomic mass is 79.9. The fourth-order valence-electron chi connectivity index (χ4n) is 2.81. The third-order valence-corrected chi connectivity index (χ3v) is 4.71. The van der Waals surface area contributed by atoms with Gasteiger partial charge >= 0.3 is 0 Å². The quantitative estimate of drug-likeness (QED) is 0.726. The summed E-state index contributed by atoms with van der Waals surface area (Å²) in [7, 11) is 0. The topological polar surface area (TPSA) is 56.3 Å². The molecule has 4 rings (SSSR count). The van der Waals surface area contributed by atoms with Gasteiger partial charge in [0, 0.05) is 9.86 Å². The van der Waals surface area contributed by atoms with Crippen LogP contribution in [0, 0.1) is 0 Å². The molecule has 5 nitrogen and oxygen atoms in total. The second-order valence-electron chi connectivity index (χ2n) is 5.62. The molecule has 1 unspecified atom stereocenters. The highest BCUT2D eigenvalue weighted by Crippen LogP contribution is 2.38. The van der Waals surface area contributed by atoms with E-state index >= 15 is 0 Å². The minimum atomic E-state index is 0.0357. The van der Waals surface area contributed by atoms with E-state index in [2.05, 4.69) is 38.1 Å². The highest BCUT2D eigenvalue weighted by molar-refractivity contribution is 9.10. The molecule has 0 amide bonds. The van der Waals surface area contributed by atoms with E-state index in [1.54, 1.807) is 6.33 Å². The van der Waals surface area contributed by atoms with Gasteiger partial charge < -0.3 is 14.8 Å². The van der Waals surface area contributed by atoms with Crippen LogP contribution >= 0.6 is 15.9 Å². The van der Waals surface area contributed by atoms with Crippen LogP contribution in [0.15, 0.2) is 47.2 Å². The van der Waals surface area contributed by atoms with Gasteiger partial charge in [-0.25, -0.2) is 9.97 Å². The van der Waals surface area contributed by atoms with Crippen molar-refractivity contribution in [1.82, 2.24) is 9.97 Å². The normalized spacial score (nSPS) is 14.4. The van der Waals surface area contributed by atoms with E-state index in [4.69, 9.17) is 9.47 Å². The number of rotatable bonds is 3. The number of fused-ring (bicyclic) bond motifs is 2. The van der Waals surface area contributed by atoms with Gasteiger partial charge in [0.05, 0.1) is 11.6 Å². The molecule has 0 saturated carbocycles. The molecule has 6 heteroatoms. The zero-order chi connectivity index (χ0) is 16.5. The maximum atomic E-state index is 5.69. The van der Waals surface area contributed by atoms with Gasteiger partial charge in [-0.1, -0.05) is 28.1 Å². The minimum absolute atomic E-state index is 0.0357. The number of aromatic nitrogens is 2. The van der Waals surface area contributed by atoms with Crippen LogP contribution in [0.2, 0.25) is 0 Å². The van der Waals surface area contributed by atoms with Crippen molar-refractivity contribution in [3.05, 3.63) is 52.8 Å². The fourth-order valence-corrected chi connectivity index (χ4v) is 3.48. The lowest BCUT2D eigenvalue weighted by Gasteiger charge is -2.23. The van der Waals surface area contributed by atoms with E-state index in [-0.39, 0.29) is 6.04 Å². The van der Waals surface area contributed by atoms with Gasteiger partial charge in [0.25, 0.3) is 0 Å². The molecule has 0 spiro atoms. The van der Waals surface area contributed by atoms with Crippen LogP contribution < -0.4 is 14.8 Å². The maximum Gasteiger partial charge on any atom is 0.162 e. The predicted octanol–water partition coefficient (Wildman–Crippen LogP) is 4.34. The molecule has 24 heavy (non-hydrogen) atoms. The van der Waals surface area contributed by atoms with E-state index in [1.165, 1.54) is 0 Å². The average molecular weight is 386 g/mol. The average Bonchev–Trinajstić information content (AvgIpc) is 2.61. The van der Waals surface area contributed by atoms with E-state index in [0.29, 0.717) is 13.2 Å². The summed E-state index contributed by atoms with van der Waals surface area (Å²) in [5, 5.41) is 4.47. The third kappa shape index (κ3) is 2.78. The number of hydrogen-bond donors (Lipinski definition) is 1. The molecule has 0 fully saturated rings. The summed E-state index contributed by atoms with van der Waals surface area (Å²) in [5.74, 6) is 2.37. The molecular formula is C18H16BrN3O2. The number of para-hydroxylation sites is 1. The second-order valence-corrected chi connectivity index (χ2v) is 6.48. The summed E-state index contributed by atoms with van der Waals surface area (Å²) in [6, 6.07) is 12.0. The first-order chi connectivity index (χ1) is 11.7. The van der Waals surface area contributed by atoms with Crippen molar-refractivity contribution in [2.75, 3.05) is 18.5 Å². The fraction of sp³-hybridized carbons (Fsp3) is 0.222.